The first-order valence-electron chi connectivity index (χ1n) is 6.12. The van der Waals surface area contributed by atoms with Crippen molar-refractivity contribution in [2.24, 2.45) is 11.7 Å². The summed E-state index contributed by atoms with van der Waals surface area (Å²) in [6, 6.07) is 5.91. The van der Waals surface area contributed by atoms with Crippen LogP contribution in [0.4, 0.5) is 0 Å². The SMILES string of the molecule is CC1CN(CCSc2cc(Cl)ccc2Cl)CC1N. The van der Waals surface area contributed by atoms with Gasteiger partial charge in [-0.25, -0.2) is 0 Å². The van der Waals surface area contributed by atoms with E-state index in [9.17, 15) is 0 Å². The Morgan fingerprint density at radius 2 is 2.17 bits per heavy atom. The van der Waals surface area contributed by atoms with Crippen LogP contribution in [0.1, 0.15) is 6.92 Å². The fourth-order valence-electron chi connectivity index (χ4n) is 2.15. The van der Waals surface area contributed by atoms with E-state index in [1.807, 2.05) is 18.2 Å². The number of benzene rings is 1. The van der Waals surface area contributed by atoms with Crippen molar-refractivity contribution in [3.63, 3.8) is 0 Å². The number of halogens is 2. The molecule has 18 heavy (non-hydrogen) atoms. The number of thioether (sulfide) groups is 1. The van der Waals surface area contributed by atoms with Gasteiger partial charge in [0, 0.05) is 41.3 Å². The predicted octanol–water partition coefficient (Wildman–Crippen LogP) is 3.36. The quantitative estimate of drug-likeness (QED) is 0.865. The van der Waals surface area contributed by atoms with Gasteiger partial charge in [-0.05, 0) is 24.1 Å². The van der Waals surface area contributed by atoms with Crippen LogP contribution < -0.4 is 5.73 Å². The Morgan fingerprint density at radius 3 is 2.83 bits per heavy atom. The lowest BCUT2D eigenvalue weighted by Crippen LogP contribution is -2.29. The molecule has 5 heteroatoms. The molecular weight excluding hydrogens is 287 g/mol. The first-order valence-corrected chi connectivity index (χ1v) is 7.86. The lowest BCUT2D eigenvalue weighted by molar-refractivity contribution is 0.348. The van der Waals surface area contributed by atoms with Crippen LogP contribution in [0.25, 0.3) is 0 Å². The van der Waals surface area contributed by atoms with Crippen LogP contribution >= 0.6 is 35.0 Å². The van der Waals surface area contributed by atoms with E-state index in [-0.39, 0.29) is 0 Å². The fourth-order valence-corrected chi connectivity index (χ4v) is 3.65. The van der Waals surface area contributed by atoms with Crippen LogP contribution in [0.5, 0.6) is 0 Å². The molecule has 2 atom stereocenters. The minimum Gasteiger partial charge on any atom is -0.326 e. The molecule has 1 aliphatic heterocycles. The van der Waals surface area contributed by atoms with Crippen LogP contribution in [0, 0.1) is 5.92 Å². The van der Waals surface area contributed by atoms with Crippen molar-refractivity contribution in [3.8, 4) is 0 Å². The van der Waals surface area contributed by atoms with Crippen LogP contribution in [0.15, 0.2) is 23.1 Å². The molecule has 1 saturated heterocycles. The lowest BCUT2D eigenvalue weighted by Gasteiger charge is -2.14. The molecule has 0 saturated carbocycles. The maximum atomic E-state index is 6.12. The smallest absolute Gasteiger partial charge is 0.0542 e. The molecule has 0 bridgehead atoms. The van der Waals surface area contributed by atoms with E-state index in [0.29, 0.717) is 12.0 Å². The van der Waals surface area contributed by atoms with Crippen molar-refractivity contribution in [2.75, 3.05) is 25.4 Å². The van der Waals surface area contributed by atoms with E-state index in [4.69, 9.17) is 28.9 Å². The van der Waals surface area contributed by atoms with Gasteiger partial charge in [-0.2, -0.15) is 0 Å². The molecule has 1 aromatic carbocycles. The fraction of sp³-hybridized carbons (Fsp3) is 0.538. The molecule has 2 nitrogen and oxygen atoms in total. The topological polar surface area (TPSA) is 29.3 Å². The molecule has 100 valence electrons. The van der Waals surface area contributed by atoms with Gasteiger partial charge in [-0.1, -0.05) is 30.1 Å². The van der Waals surface area contributed by atoms with Gasteiger partial charge >= 0.3 is 0 Å². The molecule has 0 amide bonds. The highest BCUT2D eigenvalue weighted by Gasteiger charge is 2.25. The predicted molar refractivity (Wildman–Crippen MR) is 80.8 cm³/mol. The van der Waals surface area contributed by atoms with Gasteiger partial charge in [-0.15, -0.1) is 11.8 Å². The van der Waals surface area contributed by atoms with Crippen molar-refractivity contribution in [1.29, 1.82) is 0 Å². The maximum Gasteiger partial charge on any atom is 0.0542 e. The molecule has 2 unspecified atom stereocenters. The van der Waals surface area contributed by atoms with Crippen molar-refractivity contribution >= 4 is 35.0 Å². The van der Waals surface area contributed by atoms with E-state index in [0.717, 1.165) is 40.3 Å². The molecule has 1 heterocycles. The van der Waals surface area contributed by atoms with Gasteiger partial charge < -0.3 is 10.6 Å². The molecule has 0 aromatic heterocycles. The molecular formula is C13H18Cl2N2S. The molecule has 0 radical (unpaired) electrons. The summed E-state index contributed by atoms with van der Waals surface area (Å²) in [5.74, 6) is 1.62. The zero-order chi connectivity index (χ0) is 13.1. The third-order valence-electron chi connectivity index (χ3n) is 3.30. The van der Waals surface area contributed by atoms with E-state index in [1.54, 1.807) is 11.8 Å². The van der Waals surface area contributed by atoms with Crippen molar-refractivity contribution in [2.45, 2.75) is 17.9 Å². The van der Waals surface area contributed by atoms with E-state index < -0.39 is 0 Å². The van der Waals surface area contributed by atoms with Gasteiger partial charge in [0.1, 0.15) is 0 Å². The van der Waals surface area contributed by atoms with Gasteiger partial charge in [0.2, 0.25) is 0 Å². The number of hydrogen-bond donors (Lipinski definition) is 1. The Balaban J connectivity index is 1.80. The monoisotopic (exact) mass is 304 g/mol. The molecule has 2 rings (SSSR count). The number of likely N-dealkylation sites (tertiary alicyclic amines) is 1. The van der Waals surface area contributed by atoms with Crippen LogP contribution in [-0.4, -0.2) is 36.3 Å². The van der Waals surface area contributed by atoms with Crippen LogP contribution in [0.3, 0.4) is 0 Å². The van der Waals surface area contributed by atoms with Gasteiger partial charge in [0.05, 0.1) is 5.02 Å². The highest BCUT2D eigenvalue weighted by Crippen LogP contribution is 2.30. The molecule has 2 N–H and O–H groups in total. The second-order valence-electron chi connectivity index (χ2n) is 4.82. The van der Waals surface area contributed by atoms with E-state index in [2.05, 4.69) is 11.8 Å². The van der Waals surface area contributed by atoms with Gasteiger partial charge in [0.15, 0.2) is 0 Å². The minimum absolute atomic E-state index is 0.324. The summed E-state index contributed by atoms with van der Waals surface area (Å²) >= 11 is 13.8. The van der Waals surface area contributed by atoms with E-state index >= 15 is 0 Å². The second kappa shape index (κ2) is 6.49. The van der Waals surface area contributed by atoms with Gasteiger partial charge in [-0.3, -0.25) is 0 Å². The summed E-state index contributed by atoms with van der Waals surface area (Å²) in [7, 11) is 0. The number of rotatable bonds is 4. The third kappa shape index (κ3) is 3.78. The Hall–Kier alpha value is 0.0700. The highest BCUT2D eigenvalue weighted by molar-refractivity contribution is 7.99. The van der Waals surface area contributed by atoms with Crippen molar-refractivity contribution < 1.29 is 0 Å². The Bertz CT molecular complexity index is 404. The van der Waals surface area contributed by atoms with Crippen molar-refractivity contribution in [3.05, 3.63) is 28.2 Å². The lowest BCUT2D eigenvalue weighted by atomic mass is 10.1. The second-order valence-corrected chi connectivity index (χ2v) is 6.80. The standard InChI is InChI=1S/C13H18Cl2N2S/c1-9-7-17(8-12(9)16)4-5-18-13-6-10(14)2-3-11(13)15/h2-3,6,9,12H,4-5,7-8,16H2,1H3. The van der Waals surface area contributed by atoms with Crippen LogP contribution in [0.2, 0.25) is 10.0 Å². The summed E-state index contributed by atoms with van der Waals surface area (Å²) in [5, 5.41) is 1.51. The van der Waals surface area contributed by atoms with Crippen molar-refractivity contribution in [1.82, 2.24) is 4.90 Å². The molecule has 0 aliphatic carbocycles. The minimum atomic E-state index is 0.324. The molecule has 1 aliphatic rings. The third-order valence-corrected chi connectivity index (χ3v) is 5.02. The number of hydrogen-bond acceptors (Lipinski definition) is 3. The average molecular weight is 305 g/mol. The number of nitrogens with zero attached hydrogens (tertiary/aromatic N) is 1. The summed E-state index contributed by atoms with van der Waals surface area (Å²) in [5.41, 5.74) is 6.01. The summed E-state index contributed by atoms with van der Waals surface area (Å²) in [6.07, 6.45) is 0. The van der Waals surface area contributed by atoms with Crippen LogP contribution in [-0.2, 0) is 0 Å². The zero-order valence-electron chi connectivity index (χ0n) is 10.4. The van der Waals surface area contributed by atoms with E-state index in [1.165, 1.54) is 0 Å². The summed E-state index contributed by atoms with van der Waals surface area (Å²) in [6.45, 7) is 5.37. The first-order chi connectivity index (χ1) is 8.56. The molecule has 1 fully saturated rings. The first kappa shape index (κ1) is 14.5. The zero-order valence-corrected chi connectivity index (χ0v) is 12.7. The average Bonchev–Trinajstić information content (AvgIpc) is 2.63. The largest absolute Gasteiger partial charge is 0.326 e. The molecule has 1 aromatic rings. The van der Waals surface area contributed by atoms with Gasteiger partial charge in [0.25, 0.3) is 0 Å². The Kier molecular flexibility index (Phi) is 5.22. The number of nitrogens with two attached hydrogens (primary N) is 1. The Labute approximate surface area is 123 Å². The highest BCUT2D eigenvalue weighted by atomic mass is 35.5. The Morgan fingerprint density at radius 1 is 1.39 bits per heavy atom. The summed E-state index contributed by atoms with van der Waals surface area (Å²) in [4.78, 5) is 3.47. The normalized spacial score (nSPS) is 24.7. The summed E-state index contributed by atoms with van der Waals surface area (Å²) < 4.78 is 0. The maximum absolute atomic E-state index is 6.12. The molecule has 0 spiro atoms.